The standard InChI is InChI=1S/C11H29N3O3Si/c1-5-9(15)12-18(8-4,13-10(16)6-2)14-11(17)7-3/h9-17H,5-8H2,1-4H3. The fraction of sp³-hybridized carbons (Fsp3) is 1.00. The van der Waals surface area contributed by atoms with Gasteiger partial charge in [-0.05, 0) is 25.3 Å². The topological polar surface area (TPSA) is 96.8 Å². The summed E-state index contributed by atoms with van der Waals surface area (Å²) < 4.78 is 0. The molecule has 3 unspecified atom stereocenters. The van der Waals surface area contributed by atoms with Crippen LogP contribution in [-0.4, -0.2) is 42.6 Å². The minimum absolute atomic E-state index is 0.572. The minimum atomic E-state index is -2.52. The summed E-state index contributed by atoms with van der Waals surface area (Å²) in [5.41, 5.74) is 0. The van der Waals surface area contributed by atoms with Crippen molar-refractivity contribution in [1.29, 1.82) is 0 Å². The molecule has 0 rings (SSSR count). The summed E-state index contributed by atoms with van der Waals surface area (Å²) in [6.45, 7) is 7.59. The SMILES string of the molecule is CCC(O)N[Si](CC)(NC(O)CC)NC(O)CC. The zero-order chi connectivity index (χ0) is 14.2. The second-order valence-electron chi connectivity index (χ2n) is 4.46. The molecular formula is C11H29N3O3Si. The molecule has 0 amide bonds. The molecule has 0 aliphatic rings. The molecule has 0 heterocycles. The highest BCUT2D eigenvalue weighted by molar-refractivity contribution is 6.72. The number of aliphatic hydroxyl groups excluding tert-OH is 3. The van der Waals surface area contributed by atoms with Crippen molar-refractivity contribution in [2.45, 2.75) is 71.7 Å². The highest BCUT2D eigenvalue weighted by Crippen LogP contribution is 2.05. The predicted octanol–water partition coefficient (Wildman–Crippen LogP) is -0.101. The Labute approximate surface area is 111 Å². The maximum Gasteiger partial charge on any atom is 0.287 e. The summed E-state index contributed by atoms with van der Waals surface area (Å²) in [6.07, 6.45) is -0.229. The first-order valence-corrected chi connectivity index (χ1v) is 9.00. The number of hydrogen-bond acceptors (Lipinski definition) is 6. The third-order valence-corrected chi connectivity index (χ3v) is 6.47. The molecule has 0 aliphatic carbocycles. The van der Waals surface area contributed by atoms with Gasteiger partial charge < -0.3 is 15.3 Å². The highest BCUT2D eigenvalue weighted by atomic mass is 28.4. The predicted molar refractivity (Wildman–Crippen MR) is 74.5 cm³/mol. The van der Waals surface area contributed by atoms with Gasteiger partial charge in [0.25, 0.3) is 8.56 Å². The fourth-order valence-corrected chi connectivity index (χ4v) is 4.77. The van der Waals surface area contributed by atoms with Crippen molar-refractivity contribution in [2.75, 3.05) is 0 Å². The number of aliphatic hydroxyl groups is 3. The van der Waals surface area contributed by atoms with Crippen LogP contribution in [0.25, 0.3) is 0 Å². The van der Waals surface area contributed by atoms with Crippen LogP contribution in [0, 0.1) is 0 Å². The molecule has 7 heteroatoms. The van der Waals surface area contributed by atoms with E-state index in [1.165, 1.54) is 0 Å². The number of nitrogens with one attached hydrogen (secondary N) is 3. The average Bonchev–Trinajstić information content (AvgIpc) is 2.37. The summed E-state index contributed by atoms with van der Waals surface area (Å²) >= 11 is 0. The van der Waals surface area contributed by atoms with Gasteiger partial charge in [0.1, 0.15) is 18.7 Å². The van der Waals surface area contributed by atoms with Crippen LogP contribution in [0.15, 0.2) is 0 Å². The van der Waals surface area contributed by atoms with Gasteiger partial charge in [0, 0.05) is 0 Å². The van der Waals surface area contributed by atoms with Crippen molar-refractivity contribution in [2.24, 2.45) is 0 Å². The van der Waals surface area contributed by atoms with Crippen LogP contribution < -0.4 is 14.9 Å². The summed E-state index contributed by atoms with van der Waals surface area (Å²) in [4.78, 5) is 9.34. The van der Waals surface area contributed by atoms with Crippen LogP contribution in [0.4, 0.5) is 0 Å². The van der Waals surface area contributed by atoms with Gasteiger partial charge in [0.05, 0.1) is 0 Å². The van der Waals surface area contributed by atoms with Gasteiger partial charge in [-0.15, -0.1) is 0 Å². The Morgan fingerprint density at radius 2 is 1.00 bits per heavy atom. The zero-order valence-electron chi connectivity index (χ0n) is 11.9. The van der Waals surface area contributed by atoms with Crippen LogP contribution in [0.2, 0.25) is 6.04 Å². The Kier molecular flexibility index (Phi) is 8.96. The van der Waals surface area contributed by atoms with Crippen molar-refractivity contribution < 1.29 is 15.3 Å². The van der Waals surface area contributed by atoms with E-state index in [9.17, 15) is 15.3 Å². The molecule has 0 saturated heterocycles. The molecule has 0 aromatic carbocycles. The van der Waals surface area contributed by atoms with Crippen LogP contribution in [0.5, 0.6) is 0 Å². The normalized spacial score (nSPS) is 20.2. The lowest BCUT2D eigenvalue weighted by Crippen LogP contribution is -2.77. The van der Waals surface area contributed by atoms with Crippen LogP contribution in [-0.2, 0) is 0 Å². The largest absolute Gasteiger partial charge is 0.379 e. The van der Waals surface area contributed by atoms with Crippen molar-refractivity contribution in [1.82, 2.24) is 14.9 Å². The molecule has 0 fully saturated rings. The van der Waals surface area contributed by atoms with Gasteiger partial charge >= 0.3 is 0 Å². The Bertz CT molecular complexity index is 190. The zero-order valence-corrected chi connectivity index (χ0v) is 12.9. The molecule has 6 nitrogen and oxygen atoms in total. The Balaban J connectivity index is 4.81. The minimum Gasteiger partial charge on any atom is -0.379 e. The van der Waals surface area contributed by atoms with E-state index in [1.54, 1.807) is 0 Å². The van der Waals surface area contributed by atoms with E-state index in [1.807, 2.05) is 27.7 Å². The summed E-state index contributed by atoms with van der Waals surface area (Å²) in [7, 11) is -2.52. The van der Waals surface area contributed by atoms with Crippen molar-refractivity contribution >= 4 is 8.56 Å². The van der Waals surface area contributed by atoms with Crippen LogP contribution in [0.1, 0.15) is 47.0 Å². The number of rotatable bonds is 10. The van der Waals surface area contributed by atoms with Crippen molar-refractivity contribution in [3.8, 4) is 0 Å². The van der Waals surface area contributed by atoms with Gasteiger partial charge in [0.2, 0.25) is 0 Å². The Morgan fingerprint density at radius 3 is 1.17 bits per heavy atom. The van der Waals surface area contributed by atoms with Gasteiger partial charge in [0.15, 0.2) is 0 Å². The van der Waals surface area contributed by atoms with E-state index >= 15 is 0 Å². The molecule has 0 aromatic heterocycles. The molecule has 6 N–H and O–H groups in total. The fourth-order valence-electron chi connectivity index (χ4n) is 1.59. The van der Waals surface area contributed by atoms with Crippen LogP contribution in [0.3, 0.4) is 0 Å². The van der Waals surface area contributed by atoms with Gasteiger partial charge in [-0.3, -0.25) is 14.9 Å². The molecule has 0 aliphatic heterocycles. The summed E-state index contributed by atoms with van der Waals surface area (Å²) in [5, 5.41) is 29.3. The average molecular weight is 279 g/mol. The monoisotopic (exact) mass is 279 g/mol. The first-order valence-electron chi connectivity index (χ1n) is 6.80. The lowest BCUT2D eigenvalue weighted by atomic mass is 10.4. The molecule has 0 saturated carbocycles. The molecule has 0 spiro atoms. The molecular weight excluding hydrogens is 250 g/mol. The second kappa shape index (κ2) is 8.97. The molecule has 0 radical (unpaired) electrons. The van der Waals surface area contributed by atoms with Crippen molar-refractivity contribution in [3.05, 3.63) is 0 Å². The quantitative estimate of drug-likeness (QED) is 0.247. The first-order chi connectivity index (χ1) is 8.42. The third-order valence-electron chi connectivity index (χ3n) is 2.93. The van der Waals surface area contributed by atoms with E-state index in [-0.39, 0.29) is 0 Å². The lowest BCUT2D eigenvalue weighted by Gasteiger charge is -2.37. The van der Waals surface area contributed by atoms with E-state index in [2.05, 4.69) is 14.9 Å². The van der Waals surface area contributed by atoms with Crippen molar-refractivity contribution in [3.63, 3.8) is 0 Å². The highest BCUT2D eigenvalue weighted by Gasteiger charge is 2.37. The van der Waals surface area contributed by atoms with Gasteiger partial charge in [-0.1, -0.05) is 27.7 Å². The first kappa shape index (κ1) is 18.0. The van der Waals surface area contributed by atoms with E-state index in [0.717, 1.165) is 0 Å². The molecule has 0 aromatic rings. The molecule has 3 atom stereocenters. The molecule has 110 valence electrons. The Hall–Kier alpha value is -0.0231. The van der Waals surface area contributed by atoms with E-state index in [4.69, 9.17) is 0 Å². The maximum atomic E-state index is 9.78. The molecule has 0 bridgehead atoms. The Morgan fingerprint density at radius 1 is 0.722 bits per heavy atom. The number of hydrogen-bond donors (Lipinski definition) is 6. The van der Waals surface area contributed by atoms with E-state index < -0.39 is 27.2 Å². The molecule has 18 heavy (non-hydrogen) atoms. The van der Waals surface area contributed by atoms with Gasteiger partial charge in [-0.2, -0.15) is 0 Å². The van der Waals surface area contributed by atoms with Gasteiger partial charge in [-0.25, -0.2) is 0 Å². The third kappa shape index (κ3) is 6.23. The van der Waals surface area contributed by atoms with E-state index in [0.29, 0.717) is 25.3 Å². The second-order valence-corrected chi connectivity index (χ2v) is 7.85. The van der Waals surface area contributed by atoms with Crippen LogP contribution >= 0.6 is 0 Å². The summed E-state index contributed by atoms with van der Waals surface area (Å²) in [6, 6.07) is 0.693. The lowest BCUT2D eigenvalue weighted by molar-refractivity contribution is 0.122. The maximum absolute atomic E-state index is 9.78. The summed E-state index contributed by atoms with van der Waals surface area (Å²) in [5.74, 6) is 0. The smallest absolute Gasteiger partial charge is 0.287 e.